The first kappa shape index (κ1) is 12.8. The van der Waals surface area contributed by atoms with E-state index in [-0.39, 0.29) is 11.4 Å². The molecule has 2 aliphatic heterocycles. The smallest absolute Gasteiger partial charge is 0.254 e. The number of carbonyl (C=O) groups excluding carboxylic acids is 1. The highest BCUT2D eigenvalue weighted by Crippen LogP contribution is 2.36. The van der Waals surface area contributed by atoms with Gasteiger partial charge >= 0.3 is 0 Å². The Hall–Kier alpha value is -1.88. The van der Waals surface area contributed by atoms with Crippen molar-refractivity contribution >= 4 is 16.8 Å². The fraction of sp³-hybridized carbons (Fsp3) is 0.500. The lowest BCUT2D eigenvalue weighted by atomic mass is 9.87. The maximum atomic E-state index is 13.0. The van der Waals surface area contributed by atoms with Crippen LogP contribution in [0, 0.1) is 0 Å². The summed E-state index contributed by atoms with van der Waals surface area (Å²) in [4.78, 5) is 15.1. The fourth-order valence-corrected chi connectivity index (χ4v) is 3.88. The molecule has 1 amide bonds. The normalized spacial score (nSPS) is 25.8. The number of amides is 1. The molecule has 5 heteroatoms. The van der Waals surface area contributed by atoms with Crippen molar-refractivity contribution in [1.29, 1.82) is 0 Å². The number of rotatable bonds is 1. The SMILES string of the molecule is O=C(c1ccc2[nH]ncc2c1)N1CCCC12CCCNC2. The lowest BCUT2D eigenvalue weighted by Gasteiger charge is -2.42. The van der Waals surface area contributed by atoms with Gasteiger partial charge in [0.2, 0.25) is 0 Å². The number of piperidine rings is 1. The molecule has 5 nitrogen and oxygen atoms in total. The van der Waals surface area contributed by atoms with Crippen LogP contribution in [0.2, 0.25) is 0 Å². The van der Waals surface area contributed by atoms with Gasteiger partial charge in [0.25, 0.3) is 5.91 Å². The third kappa shape index (κ3) is 2.03. The first-order chi connectivity index (χ1) is 10.3. The second-order valence-corrected chi connectivity index (χ2v) is 6.24. The van der Waals surface area contributed by atoms with Gasteiger partial charge in [0, 0.05) is 24.0 Å². The third-order valence-electron chi connectivity index (χ3n) is 4.98. The highest BCUT2D eigenvalue weighted by atomic mass is 16.2. The zero-order chi connectivity index (χ0) is 14.3. The first-order valence-corrected chi connectivity index (χ1v) is 7.74. The van der Waals surface area contributed by atoms with E-state index in [9.17, 15) is 4.79 Å². The van der Waals surface area contributed by atoms with E-state index in [1.807, 2.05) is 18.2 Å². The molecular weight excluding hydrogens is 264 g/mol. The van der Waals surface area contributed by atoms with Crippen LogP contribution in [0.15, 0.2) is 24.4 Å². The minimum absolute atomic E-state index is 0.0423. The molecule has 0 aliphatic carbocycles. The van der Waals surface area contributed by atoms with Crippen LogP contribution in [-0.4, -0.2) is 46.2 Å². The number of fused-ring (bicyclic) bond motifs is 1. The first-order valence-electron chi connectivity index (χ1n) is 7.74. The summed E-state index contributed by atoms with van der Waals surface area (Å²) in [5, 5.41) is 11.4. The maximum Gasteiger partial charge on any atom is 0.254 e. The van der Waals surface area contributed by atoms with Gasteiger partial charge in [-0.3, -0.25) is 9.89 Å². The molecule has 2 aromatic rings. The summed E-state index contributed by atoms with van der Waals surface area (Å²) >= 11 is 0. The second-order valence-electron chi connectivity index (χ2n) is 6.24. The van der Waals surface area contributed by atoms with E-state index < -0.39 is 0 Å². The average molecular weight is 284 g/mol. The average Bonchev–Trinajstić information content (AvgIpc) is 3.13. The summed E-state index contributed by atoms with van der Waals surface area (Å²) in [6.45, 7) is 2.89. The number of hydrogen-bond acceptors (Lipinski definition) is 3. The number of benzene rings is 1. The lowest BCUT2D eigenvalue weighted by molar-refractivity contribution is 0.0534. The highest BCUT2D eigenvalue weighted by molar-refractivity contribution is 5.98. The largest absolute Gasteiger partial charge is 0.332 e. The summed E-state index contributed by atoms with van der Waals surface area (Å²) in [6, 6.07) is 5.80. The van der Waals surface area contributed by atoms with Gasteiger partial charge in [0.05, 0.1) is 17.3 Å². The van der Waals surface area contributed by atoms with Crippen LogP contribution in [0.3, 0.4) is 0 Å². The van der Waals surface area contributed by atoms with Gasteiger partial charge in [0.15, 0.2) is 0 Å². The lowest BCUT2D eigenvalue weighted by Crippen LogP contribution is -2.56. The molecule has 1 spiro atoms. The van der Waals surface area contributed by atoms with Gasteiger partial charge < -0.3 is 10.2 Å². The number of hydrogen-bond donors (Lipinski definition) is 2. The van der Waals surface area contributed by atoms with Gasteiger partial charge in [-0.05, 0) is 50.4 Å². The monoisotopic (exact) mass is 284 g/mol. The van der Waals surface area contributed by atoms with E-state index in [1.165, 1.54) is 0 Å². The number of H-pyrrole nitrogens is 1. The molecule has 110 valence electrons. The van der Waals surface area contributed by atoms with Crippen LogP contribution < -0.4 is 5.32 Å². The van der Waals surface area contributed by atoms with E-state index in [0.717, 1.165) is 61.8 Å². The number of aromatic amines is 1. The predicted octanol–water partition coefficient (Wildman–Crippen LogP) is 1.92. The summed E-state index contributed by atoms with van der Waals surface area (Å²) < 4.78 is 0. The number of nitrogens with one attached hydrogen (secondary N) is 2. The third-order valence-corrected chi connectivity index (χ3v) is 4.98. The second kappa shape index (κ2) is 4.84. The molecule has 2 N–H and O–H groups in total. The Morgan fingerprint density at radius 2 is 2.19 bits per heavy atom. The Morgan fingerprint density at radius 3 is 3.05 bits per heavy atom. The van der Waals surface area contributed by atoms with Crippen molar-refractivity contribution in [3.8, 4) is 0 Å². The Morgan fingerprint density at radius 1 is 1.29 bits per heavy atom. The molecule has 1 atom stereocenters. The van der Waals surface area contributed by atoms with Gasteiger partial charge in [0.1, 0.15) is 0 Å². The van der Waals surface area contributed by atoms with Crippen LogP contribution in [0.4, 0.5) is 0 Å². The summed E-state index contributed by atoms with van der Waals surface area (Å²) in [6.07, 6.45) is 6.29. The Labute approximate surface area is 123 Å². The topological polar surface area (TPSA) is 61.0 Å². The van der Waals surface area contributed by atoms with Gasteiger partial charge in [-0.2, -0.15) is 5.10 Å². The molecule has 3 heterocycles. The van der Waals surface area contributed by atoms with Crippen LogP contribution in [0.1, 0.15) is 36.0 Å². The fourth-order valence-electron chi connectivity index (χ4n) is 3.88. The number of carbonyl (C=O) groups is 1. The van der Waals surface area contributed by atoms with Crippen molar-refractivity contribution in [3.63, 3.8) is 0 Å². The van der Waals surface area contributed by atoms with Crippen LogP contribution in [-0.2, 0) is 0 Å². The molecule has 2 saturated heterocycles. The van der Waals surface area contributed by atoms with E-state index in [0.29, 0.717) is 0 Å². The van der Waals surface area contributed by atoms with Crippen molar-refractivity contribution < 1.29 is 4.79 Å². The molecule has 4 rings (SSSR count). The zero-order valence-electron chi connectivity index (χ0n) is 12.1. The molecular formula is C16H20N4O. The van der Waals surface area contributed by atoms with Crippen molar-refractivity contribution in [2.45, 2.75) is 31.2 Å². The standard InChI is InChI=1S/C16H20N4O/c21-15(12-3-4-14-13(9-12)10-18-19-14)20-8-2-6-16(20)5-1-7-17-11-16/h3-4,9-10,17H,1-2,5-8,11H2,(H,18,19). The summed E-state index contributed by atoms with van der Waals surface area (Å²) in [5.41, 5.74) is 1.79. The summed E-state index contributed by atoms with van der Waals surface area (Å²) in [5.74, 6) is 0.166. The predicted molar refractivity (Wildman–Crippen MR) is 81.2 cm³/mol. The molecule has 0 bridgehead atoms. The Balaban J connectivity index is 1.66. The number of nitrogens with zero attached hydrogens (tertiary/aromatic N) is 2. The molecule has 0 saturated carbocycles. The van der Waals surface area contributed by atoms with E-state index in [2.05, 4.69) is 20.4 Å². The molecule has 21 heavy (non-hydrogen) atoms. The van der Waals surface area contributed by atoms with Gasteiger partial charge in [-0.25, -0.2) is 0 Å². The Bertz CT molecular complexity index is 672. The van der Waals surface area contributed by atoms with Crippen LogP contribution >= 0.6 is 0 Å². The molecule has 1 aromatic carbocycles. The maximum absolute atomic E-state index is 13.0. The molecule has 2 fully saturated rings. The van der Waals surface area contributed by atoms with Crippen LogP contribution in [0.5, 0.6) is 0 Å². The van der Waals surface area contributed by atoms with E-state index in [1.54, 1.807) is 6.20 Å². The minimum Gasteiger partial charge on any atom is -0.332 e. The summed E-state index contributed by atoms with van der Waals surface area (Å²) in [7, 11) is 0. The number of likely N-dealkylation sites (tertiary alicyclic amines) is 1. The number of aromatic nitrogens is 2. The van der Waals surface area contributed by atoms with E-state index in [4.69, 9.17) is 0 Å². The molecule has 2 aliphatic rings. The van der Waals surface area contributed by atoms with Gasteiger partial charge in [-0.1, -0.05) is 0 Å². The minimum atomic E-state index is 0.0423. The van der Waals surface area contributed by atoms with Gasteiger partial charge in [-0.15, -0.1) is 0 Å². The Kier molecular flexibility index (Phi) is 2.96. The quantitative estimate of drug-likeness (QED) is 0.841. The van der Waals surface area contributed by atoms with Crippen molar-refractivity contribution in [2.24, 2.45) is 0 Å². The van der Waals surface area contributed by atoms with E-state index >= 15 is 0 Å². The molecule has 1 aromatic heterocycles. The molecule has 1 unspecified atom stereocenters. The van der Waals surface area contributed by atoms with Crippen LogP contribution in [0.25, 0.3) is 10.9 Å². The van der Waals surface area contributed by atoms with Crippen molar-refractivity contribution in [2.75, 3.05) is 19.6 Å². The van der Waals surface area contributed by atoms with Crippen molar-refractivity contribution in [3.05, 3.63) is 30.0 Å². The highest BCUT2D eigenvalue weighted by Gasteiger charge is 2.44. The molecule has 0 radical (unpaired) electrons. The van der Waals surface area contributed by atoms with Crippen molar-refractivity contribution in [1.82, 2.24) is 20.4 Å². The zero-order valence-corrected chi connectivity index (χ0v) is 12.1.